The molecule has 0 unspecified atom stereocenters. The monoisotopic (exact) mass is 328 g/mol. The third-order valence-electron chi connectivity index (χ3n) is 2.95. The number of nitrogens with zero attached hydrogens (tertiary/aromatic N) is 4. The maximum atomic E-state index is 11.8. The topological polar surface area (TPSA) is 58.6 Å². The molecule has 1 saturated heterocycles. The molecule has 19 heavy (non-hydrogen) atoms. The van der Waals surface area contributed by atoms with Crippen molar-refractivity contribution in [2.24, 2.45) is 0 Å². The Kier molecular flexibility index (Phi) is 5.09. The van der Waals surface area contributed by atoms with Gasteiger partial charge in [-0.3, -0.25) is 4.79 Å². The highest BCUT2D eigenvalue weighted by Gasteiger charge is 2.22. The van der Waals surface area contributed by atoms with Gasteiger partial charge in [0.15, 0.2) is 0 Å². The van der Waals surface area contributed by atoms with Crippen LogP contribution in [0.15, 0.2) is 16.9 Å². The lowest BCUT2D eigenvalue weighted by molar-refractivity contribution is -0.136. The molecule has 1 aliphatic rings. The normalized spacial score (nSPS) is 15.7. The van der Waals surface area contributed by atoms with E-state index in [4.69, 9.17) is 4.74 Å². The molecule has 6 nitrogen and oxygen atoms in total. The predicted octanol–water partition coefficient (Wildman–Crippen LogP) is 0.924. The molecule has 1 amide bonds. The largest absolute Gasteiger partial charge is 0.372 e. The van der Waals surface area contributed by atoms with Crippen LogP contribution in [0.25, 0.3) is 0 Å². The molecule has 0 radical (unpaired) electrons. The van der Waals surface area contributed by atoms with Crippen LogP contribution in [0.2, 0.25) is 0 Å². The van der Waals surface area contributed by atoms with Gasteiger partial charge in [-0.2, -0.15) is 0 Å². The molecule has 0 aromatic carbocycles. The summed E-state index contributed by atoms with van der Waals surface area (Å²) in [6.07, 6.45) is 3.46. The fraction of sp³-hybridized carbons (Fsp3) is 0.583. The molecule has 1 aromatic heterocycles. The van der Waals surface area contributed by atoms with Crippen molar-refractivity contribution in [2.45, 2.75) is 6.92 Å². The first-order chi connectivity index (χ1) is 9.20. The standard InChI is InChI=1S/C12H17BrN4O2/c1-2-19-9-11(18)16-3-5-17(6-4-16)12-14-7-10(13)8-15-12/h7-8H,2-6,9H2,1H3. The van der Waals surface area contributed by atoms with Gasteiger partial charge in [0.05, 0.1) is 4.47 Å². The first-order valence-corrected chi connectivity index (χ1v) is 7.08. The Morgan fingerprint density at radius 1 is 1.32 bits per heavy atom. The quantitative estimate of drug-likeness (QED) is 0.822. The molecule has 0 atom stereocenters. The predicted molar refractivity (Wildman–Crippen MR) is 75.0 cm³/mol. The SMILES string of the molecule is CCOCC(=O)N1CCN(c2ncc(Br)cn2)CC1. The highest BCUT2D eigenvalue weighted by atomic mass is 79.9. The van der Waals surface area contributed by atoms with Crippen molar-refractivity contribution < 1.29 is 9.53 Å². The Morgan fingerprint density at radius 3 is 2.53 bits per heavy atom. The third-order valence-corrected chi connectivity index (χ3v) is 3.36. The van der Waals surface area contributed by atoms with Crippen LogP contribution in [-0.4, -0.2) is 60.2 Å². The lowest BCUT2D eigenvalue weighted by atomic mass is 10.3. The molecular formula is C12H17BrN4O2. The number of amides is 1. The Morgan fingerprint density at radius 2 is 1.95 bits per heavy atom. The maximum Gasteiger partial charge on any atom is 0.248 e. The van der Waals surface area contributed by atoms with E-state index in [1.165, 1.54) is 0 Å². The number of ether oxygens (including phenoxy) is 1. The maximum absolute atomic E-state index is 11.8. The Bertz CT molecular complexity index is 418. The van der Waals surface area contributed by atoms with Gasteiger partial charge in [-0.15, -0.1) is 0 Å². The summed E-state index contributed by atoms with van der Waals surface area (Å²) in [5.74, 6) is 0.762. The van der Waals surface area contributed by atoms with Gasteiger partial charge in [0.1, 0.15) is 6.61 Å². The van der Waals surface area contributed by atoms with Gasteiger partial charge in [0, 0.05) is 45.2 Å². The van der Waals surface area contributed by atoms with Crippen LogP contribution in [0.5, 0.6) is 0 Å². The molecule has 0 saturated carbocycles. The molecule has 0 N–H and O–H groups in total. The van der Waals surface area contributed by atoms with Crippen molar-refractivity contribution in [3.8, 4) is 0 Å². The van der Waals surface area contributed by atoms with Crippen LogP contribution in [0, 0.1) is 0 Å². The van der Waals surface area contributed by atoms with Crippen LogP contribution in [0.4, 0.5) is 5.95 Å². The van der Waals surface area contributed by atoms with Gasteiger partial charge in [-0.25, -0.2) is 9.97 Å². The van der Waals surface area contributed by atoms with Crippen molar-refractivity contribution in [3.63, 3.8) is 0 Å². The third kappa shape index (κ3) is 3.87. The van der Waals surface area contributed by atoms with E-state index in [2.05, 4.69) is 30.8 Å². The fourth-order valence-corrected chi connectivity index (χ4v) is 2.11. The van der Waals surface area contributed by atoms with E-state index in [1.807, 2.05) is 11.8 Å². The highest BCUT2D eigenvalue weighted by molar-refractivity contribution is 9.10. The van der Waals surface area contributed by atoms with Crippen molar-refractivity contribution in [1.82, 2.24) is 14.9 Å². The first-order valence-electron chi connectivity index (χ1n) is 6.28. The molecule has 0 spiro atoms. The number of anilines is 1. The molecule has 0 bridgehead atoms. The molecular weight excluding hydrogens is 312 g/mol. The molecule has 1 aromatic rings. The summed E-state index contributed by atoms with van der Waals surface area (Å²) in [6.45, 7) is 5.50. The zero-order valence-electron chi connectivity index (χ0n) is 10.9. The number of piperazine rings is 1. The number of carbonyl (C=O) groups excluding carboxylic acids is 1. The zero-order chi connectivity index (χ0) is 13.7. The van der Waals surface area contributed by atoms with Crippen molar-refractivity contribution in [3.05, 3.63) is 16.9 Å². The zero-order valence-corrected chi connectivity index (χ0v) is 12.5. The minimum atomic E-state index is 0.0539. The van der Waals surface area contributed by atoms with Gasteiger partial charge in [0.25, 0.3) is 0 Å². The molecule has 1 fully saturated rings. The van der Waals surface area contributed by atoms with E-state index >= 15 is 0 Å². The Labute approximate surface area is 120 Å². The number of carbonyl (C=O) groups is 1. The van der Waals surface area contributed by atoms with Crippen molar-refractivity contribution in [2.75, 3.05) is 44.3 Å². The number of rotatable bonds is 4. The lowest BCUT2D eigenvalue weighted by Crippen LogP contribution is -2.50. The van der Waals surface area contributed by atoms with E-state index in [-0.39, 0.29) is 12.5 Å². The fourth-order valence-electron chi connectivity index (χ4n) is 1.91. The molecule has 1 aliphatic heterocycles. The first kappa shape index (κ1) is 14.2. The van der Waals surface area contributed by atoms with Crippen LogP contribution in [-0.2, 0) is 9.53 Å². The number of aromatic nitrogens is 2. The van der Waals surface area contributed by atoms with Gasteiger partial charge in [0.2, 0.25) is 11.9 Å². The van der Waals surface area contributed by atoms with Gasteiger partial charge in [-0.05, 0) is 22.9 Å². The van der Waals surface area contributed by atoms with Crippen LogP contribution >= 0.6 is 15.9 Å². The van der Waals surface area contributed by atoms with Crippen LogP contribution < -0.4 is 4.90 Å². The summed E-state index contributed by atoms with van der Waals surface area (Å²) in [4.78, 5) is 24.2. The summed E-state index contributed by atoms with van der Waals surface area (Å²) in [5, 5.41) is 0. The van der Waals surface area contributed by atoms with Gasteiger partial charge < -0.3 is 14.5 Å². The smallest absolute Gasteiger partial charge is 0.248 e. The molecule has 0 aliphatic carbocycles. The van der Waals surface area contributed by atoms with Gasteiger partial charge in [-0.1, -0.05) is 0 Å². The average molecular weight is 329 g/mol. The molecule has 104 valence electrons. The van der Waals surface area contributed by atoms with E-state index in [1.54, 1.807) is 12.4 Å². The summed E-state index contributed by atoms with van der Waals surface area (Å²) in [6, 6.07) is 0. The molecule has 2 rings (SSSR count). The van der Waals surface area contributed by atoms with E-state index in [9.17, 15) is 4.79 Å². The average Bonchev–Trinajstić information content (AvgIpc) is 2.46. The second-order valence-electron chi connectivity index (χ2n) is 4.21. The van der Waals surface area contributed by atoms with Crippen molar-refractivity contribution in [1.29, 1.82) is 0 Å². The summed E-state index contributed by atoms with van der Waals surface area (Å²) in [7, 11) is 0. The highest BCUT2D eigenvalue weighted by Crippen LogP contribution is 2.13. The Hall–Kier alpha value is -1.21. The molecule has 7 heteroatoms. The number of hydrogen-bond acceptors (Lipinski definition) is 5. The van der Waals surface area contributed by atoms with Crippen LogP contribution in [0.3, 0.4) is 0 Å². The van der Waals surface area contributed by atoms with E-state index in [0.717, 1.165) is 17.6 Å². The van der Waals surface area contributed by atoms with E-state index in [0.29, 0.717) is 25.6 Å². The van der Waals surface area contributed by atoms with E-state index < -0.39 is 0 Å². The second-order valence-corrected chi connectivity index (χ2v) is 5.12. The minimum absolute atomic E-state index is 0.0539. The summed E-state index contributed by atoms with van der Waals surface area (Å²) >= 11 is 3.31. The number of hydrogen-bond donors (Lipinski definition) is 0. The van der Waals surface area contributed by atoms with Crippen LogP contribution in [0.1, 0.15) is 6.92 Å². The summed E-state index contributed by atoms with van der Waals surface area (Å²) in [5.41, 5.74) is 0. The Balaban J connectivity index is 1.85. The van der Waals surface area contributed by atoms with Gasteiger partial charge >= 0.3 is 0 Å². The number of halogens is 1. The minimum Gasteiger partial charge on any atom is -0.372 e. The van der Waals surface area contributed by atoms with Crippen molar-refractivity contribution >= 4 is 27.8 Å². The summed E-state index contributed by atoms with van der Waals surface area (Å²) < 4.78 is 6.00. The second kappa shape index (κ2) is 6.81. The lowest BCUT2D eigenvalue weighted by Gasteiger charge is -2.34. The molecule has 2 heterocycles.